The Balaban J connectivity index is 4.70. The van der Waals surface area contributed by atoms with Gasteiger partial charge in [-0.1, -0.05) is 217 Å². The zero-order valence-corrected chi connectivity index (χ0v) is 37.0. The van der Waals surface area contributed by atoms with Gasteiger partial charge in [0.05, 0.1) is 25.2 Å². The van der Waals surface area contributed by atoms with Crippen molar-refractivity contribution < 1.29 is 24.5 Å². The smallest absolute Gasteiger partial charge is 0.306 e. The summed E-state index contributed by atoms with van der Waals surface area (Å²) in [5, 5.41) is 23.6. The van der Waals surface area contributed by atoms with Crippen molar-refractivity contribution in [2.24, 2.45) is 0 Å². The van der Waals surface area contributed by atoms with Crippen LogP contribution >= 0.6 is 0 Å². The fourth-order valence-corrected chi connectivity index (χ4v) is 7.09. The lowest BCUT2D eigenvalue weighted by molar-refractivity contribution is -0.151. The van der Waals surface area contributed by atoms with Gasteiger partial charge < -0.3 is 20.3 Å². The number of aliphatic hydroxyl groups is 2. The molecule has 3 unspecified atom stereocenters. The lowest BCUT2D eigenvalue weighted by Gasteiger charge is -2.24. The van der Waals surface area contributed by atoms with Gasteiger partial charge in [0.25, 0.3) is 0 Å². The highest BCUT2D eigenvalue weighted by atomic mass is 16.5. The van der Waals surface area contributed by atoms with Gasteiger partial charge in [-0.25, -0.2) is 0 Å². The van der Waals surface area contributed by atoms with Crippen molar-refractivity contribution in [2.75, 3.05) is 6.61 Å². The van der Waals surface area contributed by atoms with E-state index in [1.54, 1.807) is 0 Å². The molecule has 56 heavy (non-hydrogen) atoms. The maximum atomic E-state index is 13.1. The molecular weight excluding hydrogens is 695 g/mol. The van der Waals surface area contributed by atoms with Crippen LogP contribution in [0.15, 0.2) is 48.6 Å². The molecule has 0 aliphatic heterocycles. The molecule has 0 aromatic carbocycles. The van der Waals surface area contributed by atoms with Crippen LogP contribution in [0.3, 0.4) is 0 Å². The number of rotatable bonds is 42. The predicted molar refractivity (Wildman–Crippen MR) is 241 cm³/mol. The predicted octanol–water partition coefficient (Wildman–Crippen LogP) is 13.9. The molecule has 6 nitrogen and oxygen atoms in total. The summed E-state index contributed by atoms with van der Waals surface area (Å²) in [6.07, 6.45) is 51.6. The number of nitrogens with one attached hydrogen (secondary N) is 1. The van der Waals surface area contributed by atoms with Crippen LogP contribution in [0.2, 0.25) is 0 Å². The fraction of sp³-hybridized carbons (Fsp3) is 0.800. The van der Waals surface area contributed by atoms with Gasteiger partial charge in [-0.05, 0) is 51.4 Å². The van der Waals surface area contributed by atoms with Crippen LogP contribution in [0.5, 0.6) is 0 Å². The van der Waals surface area contributed by atoms with Gasteiger partial charge in [0.1, 0.15) is 6.10 Å². The molecule has 326 valence electrons. The van der Waals surface area contributed by atoms with Gasteiger partial charge >= 0.3 is 5.97 Å². The second-order valence-corrected chi connectivity index (χ2v) is 16.3. The first-order chi connectivity index (χ1) is 27.5. The Bertz CT molecular complexity index is 972. The van der Waals surface area contributed by atoms with E-state index in [0.717, 1.165) is 70.6 Å². The van der Waals surface area contributed by atoms with E-state index in [2.05, 4.69) is 68.6 Å². The normalized spacial score (nSPS) is 13.7. The molecule has 1 amide bonds. The van der Waals surface area contributed by atoms with E-state index in [0.29, 0.717) is 19.3 Å². The summed E-state index contributed by atoms with van der Waals surface area (Å²) in [6.45, 7) is 6.41. The van der Waals surface area contributed by atoms with E-state index >= 15 is 0 Å². The Morgan fingerprint density at radius 1 is 0.518 bits per heavy atom. The first-order valence-electron chi connectivity index (χ1n) is 23.9. The number of hydrogen-bond acceptors (Lipinski definition) is 5. The molecule has 0 fully saturated rings. The summed E-state index contributed by atoms with van der Waals surface area (Å²) in [4.78, 5) is 26.0. The van der Waals surface area contributed by atoms with Crippen molar-refractivity contribution in [2.45, 2.75) is 251 Å². The second kappa shape index (κ2) is 43.9. The third-order valence-electron chi connectivity index (χ3n) is 10.8. The van der Waals surface area contributed by atoms with Crippen molar-refractivity contribution >= 4 is 11.9 Å². The minimum Gasteiger partial charge on any atom is -0.462 e. The van der Waals surface area contributed by atoms with Crippen molar-refractivity contribution in [3.05, 3.63) is 48.6 Å². The number of amides is 1. The number of aliphatic hydroxyl groups excluding tert-OH is 2. The Labute approximate surface area is 346 Å². The molecule has 0 rings (SSSR count). The molecule has 0 aliphatic carbocycles. The molecule has 3 N–H and O–H groups in total. The van der Waals surface area contributed by atoms with E-state index in [1.165, 1.54) is 116 Å². The van der Waals surface area contributed by atoms with E-state index in [1.807, 2.05) is 6.08 Å². The van der Waals surface area contributed by atoms with E-state index < -0.39 is 18.2 Å². The van der Waals surface area contributed by atoms with Crippen molar-refractivity contribution in [3.63, 3.8) is 0 Å². The van der Waals surface area contributed by atoms with Crippen LogP contribution in [0, 0.1) is 0 Å². The van der Waals surface area contributed by atoms with Crippen LogP contribution in [0.4, 0.5) is 0 Å². The minimum absolute atomic E-state index is 0.0532. The number of ether oxygens (including phenoxy) is 1. The summed E-state index contributed by atoms with van der Waals surface area (Å²) in [6, 6.07) is -0.711. The topological polar surface area (TPSA) is 95.9 Å². The maximum Gasteiger partial charge on any atom is 0.306 e. The molecule has 0 aromatic heterocycles. The van der Waals surface area contributed by atoms with Gasteiger partial charge in [0.15, 0.2) is 0 Å². The molecule has 0 saturated heterocycles. The third-order valence-corrected chi connectivity index (χ3v) is 10.8. The number of esters is 1. The lowest BCUT2D eigenvalue weighted by Crippen LogP contribution is -2.46. The molecule has 0 aliphatic rings. The maximum absolute atomic E-state index is 13.1. The van der Waals surface area contributed by atoms with Gasteiger partial charge in [-0.2, -0.15) is 0 Å². The number of hydrogen-bond donors (Lipinski definition) is 3. The summed E-state index contributed by atoms with van der Waals surface area (Å²) in [7, 11) is 0. The first kappa shape index (κ1) is 53.8. The molecule has 6 heteroatoms. The Kier molecular flexibility index (Phi) is 42.2. The van der Waals surface area contributed by atoms with Gasteiger partial charge in [-0.15, -0.1) is 0 Å². The molecule has 0 aromatic rings. The number of allylic oxidation sites excluding steroid dienone is 8. The summed E-state index contributed by atoms with van der Waals surface area (Å²) < 4.78 is 5.89. The Morgan fingerprint density at radius 3 is 1.41 bits per heavy atom. The minimum atomic E-state index is -0.795. The SMILES string of the molecule is CCCCC/C=C/C=C/C=C/C=C/CCCCCC(CC(=O)NC(CO)C(O)CCCCCCCCCCCC)OC(=O)CCCCCCCCCCCCC. The molecular formula is C50H91NO5. The first-order valence-corrected chi connectivity index (χ1v) is 23.9. The molecule has 3 atom stereocenters. The molecule has 0 spiro atoms. The van der Waals surface area contributed by atoms with Gasteiger partial charge in [0, 0.05) is 6.42 Å². The van der Waals surface area contributed by atoms with Crippen LogP contribution in [0.1, 0.15) is 233 Å². The van der Waals surface area contributed by atoms with Crippen molar-refractivity contribution in [1.29, 1.82) is 0 Å². The fourth-order valence-electron chi connectivity index (χ4n) is 7.09. The average Bonchev–Trinajstić information content (AvgIpc) is 3.19. The molecule has 0 radical (unpaired) electrons. The van der Waals surface area contributed by atoms with Crippen LogP contribution < -0.4 is 5.32 Å². The van der Waals surface area contributed by atoms with Gasteiger partial charge in [0.2, 0.25) is 5.91 Å². The number of carbonyl (C=O) groups excluding carboxylic acids is 2. The summed E-state index contributed by atoms with van der Waals surface area (Å²) >= 11 is 0. The van der Waals surface area contributed by atoms with Crippen molar-refractivity contribution in [3.8, 4) is 0 Å². The standard InChI is InChI=1S/C50H91NO5/c1-4-7-10-13-16-19-22-23-24-25-26-28-29-32-35-38-41-46(56-50(55)43-40-37-34-31-27-20-17-14-11-8-5-2)44-49(54)51-47(45-52)48(53)42-39-36-33-30-21-18-15-12-9-6-3/h16,19,22-26,28,46-48,52-53H,4-15,17-18,20-21,27,29-45H2,1-3H3,(H,51,54)/b19-16+,23-22+,25-24+,28-26+. The van der Waals surface area contributed by atoms with Crippen LogP contribution in [-0.4, -0.2) is 46.9 Å². The van der Waals surface area contributed by atoms with Crippen LogP contribution in [0.25, 0.3) is 0 Å². The zero-order valence-electron chi connectivity index (χ0n) is 37.0. The van der Waals surface area contributed by atoms with Crippen molar-refractivity contribution in [1.82, 2.24) is 5.32 Å². The third kappa shape index (κ3) is 38.7. The summed E-state index contributed by atoms with van der Waals surface area (Å²) in [5.74, 6) is -0.511. The zero-order chi connectivity index (χ0) is 41.0. The second-order valence-electron chi connectivity index (χ2n) is 16.3. The quantitative estimate of drug-likeness (QED) is 0.0325. The lowest BCUT2D eigenvalue weighted by atomic mass is 10.0. The molecule has 0 bridgehead atoms. The summed E-state index contributed by atoms with van der Waals surface area (Å²) in [5.41, 5.74) is 0. The number of unbranched alkanes of at least 4 members (excludes halogenated alkanes) is 25. The highest BCUT2D eigenvalue weighted by Crippen LogP contribution is 2.17. The highest BCUT2D eigenvalue weighted by molar-refractivity contribution is 5.77. The van der Waals surface area contributed by atoms with E-state index in [-0.39, 0.29) is 24.9 Å². The van der Waals surface area contributed by atoms with Gasteiger partial charge in [-0.3, -0.25) is 9.59 Å². The largest absolute Gasteiger partial charge is 0.462 e. The van der Waals surface area contributed by atoms with E-state index in [9.17, 15) is 19.8 Å². The highest BCUT2D eigenvalue weighted by Gasteiger charge is 2.24. The monoisotopic (exact) mass is 786 g/mol. The molecule has 0 heterocycles. The van der Waals surface area contributed by atoms with E-state index in [4.69, 9.17) is 4.74 Å². The Morgan fingerprint density at radius 2 is 0.911 bits per heavy atom. The number of carbonyl (C=O) groups is 2. The molecule has 0 saturated carbocycles. The Hall–Kier alpha value is -2.18. The van der Waals surface area contributed by atoms with Crippen LogP contribution in [-0.2, 0) is 14.3 Å². The average molecular weight is 786 g/mol.